The van der Waals surface area contributed by atoms with Gasteiger partial charge in [-0.3, -0.25) is 14.4 Å². The lowest BCUT2D eigenvalue weighted by atomic mass is 10.0. The summed E-state index contributed by atoms with van der Waals surface area (Å²) in [4.78, 5) is 42.7. The monoisotopic (exact) mass is 492 g/mol. The molecule has 1 aromatic rings. The summed E-state index contributed by atoms with van der Waals surface area (Å²) in [5.41, 5.74) is 0.634. The van der Waals surface area contributed by atoms with Crippen molar-refractivity contribution in [2.24, 2.45) is 0 Å². The lowest BCUT2D eigenvalue weighted by Gasteiger charge is -2.36. The Morgan fingerprint density at radius 1 is 1.03 bits per heavy atom. The normalized spacial score (nSPS) is 18.1. The number of likely N-dealkylation sites (tertiary alicyclic amines) is 2. The van der Waals surface area contributed by atoms with Crippen molar-refractivity contribution in [1.29, 1.82) is 0 Å². The number of benzene rings is 1. The molecule has 3 amide bonds. The fourth-order valence-corrected chi connectivity index (χ4v) is 6.03. The summed E-state index contributed by atoms with van der Waals surface area (Å²) in [6.45, 7) is 4.00. The van der Waals surface area contributed by atoms with E-state index in [-0.39, 0.29) is 42.4 Å². The number of rotatable bonds is 9. The summed E-state index contributed by atoms with van der Waals surface area (Å²) >= 11 is 0. The van der Waals surface area contributed by atoms with E-state index in [4.69, 9.17) is 0 Å². The van der Waals surface area contributed by atoms with Crippen LogP contribution in [0.2, 0.25) is 0 Å². The summed E-state index contributed by atoms with van der Waals surface area (Å²) in [5, 5.41) is 0. The number of carbonyl (C=O) groups is 3. The van der Waals surface area contributed by atoms with Crippen LogP contribution in [0.25, 0.3) is 0 Å². The van der Waals surface area contributed by atoms with Gasteiger partial charge in [-0.25, -0.2) is 13.1 Å². The molecule has 0 aliphatic carbocycles. The van der Waals surface area contributed by atoms with E-state index in [1.807, 2.05) is 6.07 Å². The molecule has 2 aliphatic rings. The molecule has 1 N–H and O–H groups in total. The minimum absolute atomic E-state index is 0.0330. The zero-order valence-electron chi connectivity index (χ0n) is 20.1. The fourth-order valence-electron chi connectivity index (χ4n) is 4.66. The van der Waals surface area contributed by atoms with Gasteiger partial charge in [-0.2, -0.15) is 0 Å². The molecule has 2 saturated heterocycles. The van der Waals surface area contributed by atoms with Gasteiger partial charge in [-0.05, 0) is 37.7 Å². The number of nitrogens with zero attached hydrogens (tertiary/aromatic N) is 3. The maximum Gasteiger partial charge on any atom is 0.240 e. The Kier molecular flexibility index (Phi) is 9.07. The van der Waals surface area contributed by atoms with Crippen LogP contribution in [0, 0.1) is 0 Å². The van der Waals surface area contributed by atoms with E-state index in [1.54, 1.807) is 52.9 Å². The quantitative estimate of drug-likeness (QED) is 0.560. The molecule has 0 bridgehead atoms. The molecule has 2 fully saturated rings. The molecule has 9 nitrogen and oxygen atoms in total. The molecule has 2 aliphatic heterocycles. The van der Waals surface area contributed by atoms with Gasteiger partial charge < -0.3 is 14.7 Å². The summed E-state index contributed by atoms with van der Waals surface area (Å²) in [6.07, 6.45) is 3.40. The first-order chi connectivity index (χ1) is 16.2. The Labute approximate surface area is 202 Å². The predicted octanol–water partition coefficient (Wildman–Crippen LogP) is 1.35. The number of nitrogens with one attached hydrogen (secondary N) is 1. The van der Waals surface area contributed by atoms with Crippen LogP contribution in [-0.4, -0.2) is 86.1 Å². The van der Waals surface area contributed by atoms with Crippen LogP contribution in [-0.2, 0) is 30.2 Å². The molecule has 188 valence electrons. The van der Waals surface area contributed by atoms with Crippen molar-refractivity contribution in [3.8, 4) is 0 Å². The highest BCUT2D eigenvalue weighted by molar-refractivity contribution is 7.88. The van der Waals surface area contributed by atoms with Gasteiger partial charge in [0.15, 0.2) is 0 Å². The Morgan fingerprint density at radius 3 is 2.24 bits per heavy atom. The first-order valence-corrected chi connectivity index (χ1v) is 13.7. The zero-order valence-corrected chi connectivity index (χ0v) is 20.9. The lowest BCUT2D eigenvalue weighted by molar-refractivity contribution is -0.135. The molecule has 0 spiro atoms. The van der Waals surface area contributed by atoms with Gasteiger partial charge in [0.25, 0.3) is 0 Å². The van der Waals surface area contributed by atoms with Crippen LogP contribution in [0.1, 0.15) is 51.0 Å². The maximum absolute atomic E-state index is 13.1. The van der Waals surface area contributed by atoms with Crippen LogP contribution in [0.15, 0.2) is 30.3 Å². The Balaban J connectivity index is 1.61. The highest BCUT2D eigenvalue weighted by Gasteiger charge is 2.32. The second-order valence-corrected chi connectivity index (χ2v) is 11.0. The van der Waals surface area contributed by atoms with Crippen molar-refractivity contribution < 1.29 is 22.8 Å². The smallest absolute Gasteiger partial charge is 0.240 e. The highest BCUT2D eigenvalue weighted by atomic mass is 32.2. The number of hydrogen-bond acceptors (Lipinski definition) is 5. The average molecular weight is 493 g/mol. The third kappa shape index (κ3) is 7.27. The molecule has 0 radical (unpaired) electrons. The predicted molar refractivity (Wildman–Crippen MR) is 129 cm³/mol. The van der Waals surface area contributed by atoms with Gasteiger partial charge in [0.05, 0.1) is 5.75 Å². The van der Waals surface area contributed by atoms with E-state index < -0.39 is 16.1 Å². The van der Waals surface area contributed by atoms with Crippen LogP contribution in [0.4, 0.5) is 0 Å². The summed E-state index contributed by atoms with van der Waals surface area (Å²) in [5.74, 6) is -0.569. The van der Waals surface area contributed by atoms with Crippen molar-refractivity contribution >= 4 is 27.7 Å². The molecule has 3 rings (SSSR count). The highest BCUT2D eigenvalue weighted by Crippen LogP contribution is 2.18. The molecule has 2 heterocycles. The van der Waals surface area contributed by atoms with E-state index in [2.05, 4.69) is 4.72 Å². The topological polar surface area (TPSA) is 107 Å². The van der Waals surface area contributed by atoms with Crippen LogP contribution >= 0.6 is 0 Å². The van der Waals surface area contributed by atoms with E-state index in [0.717, 1.165) is 12.8 Å². The van der Waals surface area contributed by atoms with Crippen molar-refractivity contribution in [1.82, 2.24) is 19.4 Å². The van der Waals surface area contributed by atoms with E-state index in [1.165, 1.54) is 0 Å². The fraction of sp³-hybridized carbons (Fsp3) is 0.625. The van der Waals surface area contributed by atoms with Gasteiger partial charge in [0, 0.05) is 52.6 Å². The summed E-state index contributed by atoms with van der Waals surface area (Å²) in [6, 6.07) is 7.88. The molecule has 0 aromatic heterocycles. The van der Waals surface area contributed by atoms with Gasteiger partial charge >= 0.3 is 0 Å². The van der Waals surface area contributed by atoms with Crippen molar-refractivity contribution in [3.05, 3.63) is 35.9 Å². The largest absolute Gasteiger partial charge is 0.343 e. The molecule has 0 saturated carbocycles. The van der Waals surface area contributed by atoms with Crippen molar-refractivity contribution in [2.45, 2.75) is 63.3 Å². The number of carbonyl (C=O) groups excluding carboxylic acids is 3. The minimum Gasteiger partial charge on any atom is -0.343 e. The lowest BCUT2D eigenvalue weighted by Crippen LogP contribution is -2.49. The molecular weight excluding hydrogens is 456 g/mol. The van der Waals surface area contributed by atoms with E-state index in [9.17, 15) is 22.8 Å². The summed E-state index contributed by atoms with van der Waals surface area (Å²) < 4.78 is 28.2. The molecule has 1 aromatic carbocycles. The third-order valence-corrected chi connectivity index (χ3v) is 8.09. The molecule has 10 heteroatoms. The molecule has 1 atom stereocenters. The maximum atomic E-state index is 13.1. The van der Waals surface area contributed by atoms with Crippen LogP contribution in [0.5, 0.6) is 0 Å². The van der Waals surface area contributed by atoms with Crippen LogP contribution in [0.3, 0.4) is 0 Å². The van der Waals surface area contributed by atoms with Gasteiger partial charge in [-0.1, -0.05) is 30.3 Å². The third-order valence-electron chi connectivity index (χ3n) is 6.73. The standard InChI is InChI=1S/C24H36N4O5S/c1-19(29)27-16-12-21(13-17-27)26(2)23(30)11-10-22(24(31)28-14-6-7-15-28)25-34(32,33)18-20-8-4-3-5-9-20/h3-5,8-9,21-22,25H,6-7,10-18H2,1-2H3/t22-/m1/s1. The number of piperidine rings is 1. The number of hydrogen-bond donors (Lipinski definition) is 1. The molecule has 34 heavy (non-hydrogen) atoms. The Hall–Kier alpha value is -2.46. The summed E-state index contributed by atoms with van der Waals surface area (Å²) in [7, 11) is -2.03. The van der Waals surface area contributed by atoms with Crippen LogP contribution < -0.4 is 4.72 Å². The first-order valence-electron chi connectivity index (χ1n) is 12.0. The second-order valence-electron chi connectivity index (χ2n) is 9.23. The van der Waals surface area contributed by atoms with Gasteiger partial charge in [0.1, 0.15) is 6.04 Å². The zero-order chi connectivity index (χ0) is 24.7. The van der Waals surface area contributed by atoms with Gasteiger partial charge in [0.2, 0.25) is 27.7 Å². The first kappa shape index (κ1) is 26.2. The van der Waals surface area contributed by atoms with Gasteiger partial charge in [-0.15, -0.1) is 0 Å². The Bertz CT molecular complexity index is 955. The number of amides is 3. The van der Waals surface area contributed by atoms with Crippen molar-refractivity contribution in [2.75, 3.05) is 33.2 Å². The second kappa shape index (κ2) is 11.8. The minimum atomic E-state index is -3.77. The van der Waals surface area contributed by atoms with E-state index >= 15 is 0 Å². The Morgan fingerprint density at radius 2 is 1.65 bits per heavy atom. The molecule has 0 unspecified atom stereocenters. The average Bonchev–Trinajstić information content (AvgIpc) is 3.36. The SMILES string of the molecule is CC(=O)N1CCC(N(C)C(=O)CC[C@@H](NS(=O)(=O)Cc2ccccc2)C(=O)N2CCCC2)CC1. The number of sulfonamides is 1. The van der Waals surface area contributed by atoms with E-state index in [0.29, 0.717) is 44.6 Å². The van der Waals surface area contributed by atoms with Crippen molar-refractivity contribution in [3.63, 3.8) is 0 Å². The molecular formula is C24H36N4O5S.